The Morgan fingerprint density at radius 2 is 2.11 bits per heavy atom. The largest absolute Gasteiger partial charge is 0.461 e. The fourth-order valence-corrected chi connectivity index (χ4v) is 3.67. The Bertz CT molecular complexity index is 1090. The van der Waals surface area contributed by atoms with Crippen molar-refractivity contribution >= 4 is 5.78 Å². The molecule has 134 valence electrons. The summed E-state index contributed by atoms with van der Waals surface area (Å²) in [6, 6.07) is 13.8. The van der Waals surface area contributed by atoms with Gasteiger partial charge in [-0.15, -0.1) is 0 Å². The van der Waals surface area contributed by atoms with Gasteiger partial charge in [-0.3, -0.25) is 9.48 Å². The van der Waals surface area contributed by atoms with Gasteiger partial charge >= 0.3 is 0 Å². The standard InChI is InChI=1S/C21H17N3O3/c25-19(17-11-21(27-23-17)20-6-3-9-26-20)10-14-12-22-24(13-14)18-8-7-15-4-1-2-5-16(15)18/h1-6,9,11-13,18H,7-8,10H2/t18-/m1/s1. The molecule has 1 atom stereocenters. The first-order valence-corrected chi connectivity index (χ1v) is 8.92. The minimum absolute atomic E-state index is 0.108. The van der Waals surface area contributed by atoms with Crippen molar-refractivity contribution in [1.82, 2.24) is 14.9 Å². The molecule has 6 nitrogen and oxygen atoms in total. The number of carbonyl (C=O) groups is 1. The van der Waals surface area contributed by atoms with E-state index < -0.39 is 0 Å². The van der Waals surface area contributed by atoms with Crippen LogP contribution in [0.4, 0.5) is 0 Å². The number of benzene rings is 1. The van der Waals surface area contributed by atoms with Crippen LogP contribution >= 0.6 is 0 Å². The highest BCUT2D eigenvalue weighted by Crippen LogP contribution is 2.33. The Morgan fingerprint density at radius 1 is 1.19 bits per heavy atom. The first-order valence-electron chi connectivity index (χ1n) is 8.92. The van der Waals surface area contributed by atoms with Gasteiger partial charge in [-0.2, -0.15) is 5.10 Å². The third-order valence-corrected chi connectivity index (χ3v) is 5.00. The van der Waals surface area contributed by atoms with Gasteiger partial charge in [0, 0.05) is 18.7 Å². The first kappa shape index (κ1) is 15.8. The van der Waals surface area contributed by atoms with Crippen molar-refractivity contribution in [3.05, 3.63) is 83.5 Å². The zero-order chi connectivity index (χ0) is 18.2. The van der Waals surface area contributed by atoms with E-state index in [4.69, 9.17) is 8.94 Å². The lowest BCUT2D eigenvalue weighted by molar-refractivity contribution is 0.0984. The molecule has 1 aromatic carbocycles. The molecule has 0 fully saturated rings. The molecular formula is C21H17N3O3. The van der Waals surface area contributed by atoms with E-state index in [1.807, 2.05) is 10.9 Å². The van der Waals surface area contributed by atoms with Gasteiger partial charge in [-0.05, 0) is 41.7 Å². The number of furan rings is 1. The lowest BCUT2D eigenvalue weighted by atomic mass is 10.1. The van der Waals surface area contributed by atoms with Crippen molar-refractivity contribution in [2.75, 3.05) is 0 Å². The minimum Gasteiger partial charge on any atom is -0.461 e. The Balaban J connectivity index is 1.32. The van der Waals surface area contributed by atoms with E-state index >= 15 is 0 Å². The van der Waals surface area contributed by atoms with Gasteiger partial charge in [0.05, 0.1) is 18.5 Å². The number of aromatic nitrogens is 3. The van der Waals surface area contributed by atoms with Gasteiger partial charge in [0.15, 0.2) is 17.2 Å². The SMILES string of the molecule is O=C(Cc1cnn([C@@H]2CCc3ccccc32)c1)c1cc(-c2ccco2)on1. The first-order chi connectivity index (χ1) is 13.3. The number of Topliss-reactive ketones (excluding diaryl/α,β-unsaturated/α-hetero) is 1. The second-order valence-electron chi connectivity index (χ2n) is 6.74. The second-order valence-corrected chi connectivity index (χ2v) is 6.74. The van der Waals surface area contributed by atoms with E-state index in [-0.39, 0.29) is 18.2 Å². The quantitative estimate of drug-likeness (QED) is 0.502. The van der Waals surface area contributed by atoms with Gasteiger partial charge in [-0.25, -0.2) is 0 Å². The summed E-state index contributed by atoms with van der Waals surface area (Å²) in [6.07, 6.45) is 7.59. The molecule has 3 heterocycles. The minimum atomic E-state index is -0.108. The molecule has 0 radical (unpaired) electrons. The summed E-state index contributed by atoms with van der Waals surface area (Å²) in [5, 5.41) is 8.37. The molecular weight excluding hydrogens is 342 g/mol. The van der Waals surface area contributed by atoms with Crippen molar-refractivity contribution in [2.24, 2.45) is 0 Å². The predicted octanol–water partition coefficient (Wildman–Crippen LogP) is 4.09. The fraction of sp³-hybridized carbons (Fsp3) is 0.190. The fourth-order valence-electron chi connectivity index (χ4n) is 3.67. The molecule has 1 aliphatic rings. The van der Waals surface area contributed by atoms with Crippen LogP contribution in [-0.4, -0.2) is 20.7 Å². The second kappa shape index (κ2) is 6.39. The summed E-state index contributed by atoms with van der Waals surface area (Å²) in [5.74, 6) is 0.888. The molecule has 5 rings (SSSR count). The van der Waals surface area contributed by atoms with Gasteiger partial charge in [0.2, 0.25) is 5.76 Å². The molecule has 1 aliphatic carbocycles. The van der Waals surface area contributed by atoms with Crippen LogP contribution in [0.2, 0.25) is 0 Å². The maximum atomic E-state index is 12.5. The molecule has 0 bridgehead atoms. The zero-order valence-corrected chi connectivity index (χ0v) is 14.5. The van der Waals surface area contributed by atoms with Crippen LogP contribution in [0.15, 0.2) is 70.1 Å². The number of rotatable bonds is 5. The molecule has 4 aromatic rings. The number of ketones is 1. The Kier molecular flexibility index (Phi) is 3.74. The molecule has 3 aromatic heterocycles. The number of nitrogens with zero attached hydrogens (tertiary/aromatic N) is 3. The van der Waals surface area contributed by atoms with Gasteiger partial charge in [0.25, 0.3) is 0 Å². The monoisotopic (exact) mass is 359 g/mol. The van der Waals surface area contributed by atoms with E-state index in [1.165, 1.54) is 11.1 Å². The van der Waals surface area contributed by atoms with Crippen LogP contribution in [0.25, 0.3) is 11.5 Å². The summed E-state index contributed by atoms with van der Waals surface area (Å²) < 4.78 is 12.4. The highest BCUT2D eigenvalue weighted by molar-refractivity contribution is 5.96. The van der Waals surface area contributed by atoms with Crippen LogP contribution in [0.3, 0.4) is 0 Å². The molecule has 0 saturated heterocycles. The molecule has 0 aliphatic heterocycles. The molecule has 0 saturated carbocycles. The Hall–Kier alpha value is -3.41. The third-order valence-electron chi connectivity index (χ3n) is 5.00. The van der Waals surface area contributed by atoms with E-state index in [0.717, 1.165) is 18.4 Å². The molecule has 0 amide bonds. The highest BCUT2D eigenvalue weighted by Gasteiger charge is 2.24. The van der Waals surface area contributed by atoms with Gasteiger partial charge < -0.3 is 8.94 Å². The summed E-state index contributed by atoms with van der Waals surface area (Å²) in [7, 11) is 0. The zero-order valence-electron chi connectivity index (χ0n) is 14.5. The smallest absolute Gasteiger partial charge is 0.202 e. The van der Waals surface area contributed by atoms with Crippen LogP contribution in [-0.2, 0) is 12.8 Å². The lowest BCUT2D eigenvalue weighted by Crippen LogP contribution is -2.08. The van der Waals surface area contributed by atoms with E-state index in [2.05, 4.69) is 34.5 Å². The number of hydrogen-bond donors (Lipinski definition) is 0. The number of hydrogen-bond acceptors (Lipinski definition) is 5. The molecule has 0 spiro atoms. The number of fused-ring (bicyclic) bond motifs is 1. The summed E-state index contributed by atoms with van der Waals surface area (Å²) >= 11 is 0. The number of carbonyl (C=O) groups excluding carboxylic acids is 1. The average molecular weight is 359 g/mol. The van der Waals surface area contributed by atoms with Gasteiger partial charge in [-0.1, -0.05) is 29.4 Å². The van der Waals surface area contributed by atoms with Crippen LogP contribution in [0.5, 0.6) is 0 Å². The van der Waals surface area contributed by atoms with Crippen LogP contribution in [0.1, 0.15) is 39.6 Å². The summed E-state index contributed by atoms with van der Waals surface area (Å²) in [6.45, 7) is 0. The van der Waals surface area contributed by atoms with E-state index in [9.17, 15) is 4.79 Å². The van der Waals surface area contributed by atoms with Crippen LogP contribution < -0.4 is 0 Å². The molecule has 0 unspecified atom stereocenters. The van der Waals surface area contributed by atoms with Crippen molar-refractivity contribution in [2.45, 2.75) is 25.3 Å². The topological polar surface area (TPSA) is 74.1 Å². The highest BCUT2D eigenvalue weighted by atomic mass is 16.5. The van der Waals surface area contributed by atoms with Crippen LogP contribution in [0, 0.1) is 0 Å². The molecule has 27 heavy (non-hydrogen) atoms. The Labute approximate surface area is 155 Å². The van der Waals surface area contributed by atoms with E-state index in [1.54, 1.807) is 30.7 Å². The average Bonchev–Trinajstić information content (AvgIpc) is 3.46. The Morgan fingerprint density at radius 3 is 3.00 bits per heavy atom. The van der Waals surface area contributed by atoms with E-state index in [0.29, 0.717) is 17.2 Å². The maximum Gasteiger partial charge on any atom is 0.202 e. The number of aryl methyl sites for hydroxylation is 1. The predicted molar refractivity (Wildman–Crippen MR) is 97.4 cm³/mol. The summed E-state index contributed by atoms with van der Waals surface area (Å²) in [4.78, 5) is 12.5. The lowest BCUT2D eigenvalue weighted by Gasteiger charge is -2.11. The maximum absolute atomic E-state index is 12.5. The summed E-state index contributed by atoms with van der Waals surface area (Å²) in [5.41, 5.74) is 3.86. The van der Waals surface area contributed by atoms with Crippen molar-refractivity contribution in [3.63, 3.8) is 0 Å². The third kappa shape index (κ3) is 2.89. The normalized spacial score (nSPS) is 15.8. The van der Waals surface area contributed by atoms with Crippen molar-refractivity contribution < 1.29 is 13.7 Å². The van der Waals surface area contributed by atoms with Gasteiger partial charge in [0.1, 0.15) is 0 Å². The van der Waals surface area contributed by atoms with Crippen molar-refractivity contribution in [1.29, 1.82) is 0 Å². The molecule has 0 N–H and O–H groups in total. The van der Waals surface area contributed by atoms with Crippen molar-refractivity contribution in [3.8, 4) is 11.5 Å². The molecule has 6 heteroatoms.